The Bertz CT molecular complexity index is 477. The molecule has 4 heteroatoms. The molecule has 3 aliphatic rings. The quantitative estimate of drug-likeness (QED) is 0.883. The molecule has 3 heterocycles. The third-order valence-electron chi connectivity index (χ3n) is 4.50. The number of nitrogens with one attached hydrogen (secondary N) is 1. The predicted octanol–water partition coefficient (Wildman–Crippen LogP) is 2.11. The van der Waals surface area contributed by atoms with Gasteiger partial charge in [-0.1, -0.05) is 0 Å². The summed E-state index contributed by atoms with van der Waals surface area (Å²) in [5, 5.41) is 3.69. The van der Waals surface area contributed by atoms with Crippen LogP contribution in [0.15, 0.2) is 18.2 Å². The molecule has 2 atom stereocenters. The Kier molecular flexibility index (Phi) is 2.76. The van der Waals surface area contributed by atoms with Gasteiger partial charge >= 0.3 is 0 Å². The lowest BCUT2D eigenvalue weighted by Gasteiger charge is -2.24. The van der Waals surface area contributed by atoms with Crippen molar-refractivity contribution >= 4 is 5.69 Å². The third kappa shape index (κ3) is 2.04. The molecule has 1 aromatic rings. The maximum Gasteiger partial charge on any atom is 0.163 e. The van der Waals surface area contributed by atoms with E-state index in [4.69, 9.17) is 9.47 Å². The smallest absolute Gasteiger partial charge is 0.163 e. The molecule has 0 spiro atoms. The first-order valence-corrected chi connectivity index (χ1v) is 7.30. The molecule has 0 radical (unpaired) electrons. The molecule has 102 valence electrons. The van der Waals surface area contributed by atoms with Crippen LogP contribution in [0.5, 0.6) is 11.5 Å². The summed E-state index contributed by atoms with van der Waals surface area (Å²) < 4.78 is 11.2. The molecule has 0 aliphatic carbocycles. The van der Waals surface area contributed by atoms with Crippen molar-refractivity contribution in [3.05, 3.63) is 18.2 Å². The Labute approximate surface area is 113 Å². The molecule has 2 unspecified atom stereocenters. The van der Waals surface area contributed by atoms with Crippen molar-refractivity contribution in [1.82, 2.24) is 4.90 Å². The number of fused-ring (bicyclic) bond motifs is 2. The summed E-state index contributed by atoms with van der Waals surface area (Å²) in [6, 6.07) is 7.51. The second kappa shape index (κ2) is 4.60. The van der Waals surface area contributed by atoms with Crippen LogP contribution < -0.4 is 14.8 Å². The van der Waals surface area contributed by atoms with Gasteiger partial charge in [-0.05, 0) is 37.9 Å². The van der Waals surface area contributed by atoms with E-state index in [1.54, 1.807) is 0 Å². The summed E-state index contributed by atoms with van der Waals surface area (Å²) in [6.07, 6.45) is 3.94. The SMILES string of the molecule is c1cc2c(cc1NC1CCN3CCCC13)OCCO2. The highest BCUT2D eigenvalue weighted by molar-refractivity contribution is 5.56. The van der Waals surface area contributed by atoms with Gasteiger partial charge in [-0.25, -0.2) is 0 Å². The fraction of sp³-hybridized carbons (Fsp3) is 0.600. The van der Waals surface area contributed by atoms with Gasteiger partial charge in [-0.15, -0.1) is 0 Å². The summed E-state index contributed by atoms with van der Waals surface area (Å²) >= 11 is 0. The molecular formula is C15H20N2O2. The second-order valence-corrected chi connectivity index (χ2v) is 5.64. The van der Waals surface area contributed by atoms with E-state index in [1.807, 2.05) is 6.07 Å². The van der Waals surface area contributed by atoms with Crippen molar-refractivity contribution < 1.29 is 9.47 Å². The molecule has 0 bridgehead atoms. The lowest BCUT2D eigenvalue weighted by molar-refractivity contribution is 0.171. The number of hydrogen-bond acceptors (Lipinski definition) is 4. The first-order chi connectivity index (χ1) is 9.40. The monoisotopic (exact) mass is 260 g/mol. The number of anilines is 1. The molecule has 1 N–H and O–H groups in total. The van der Waals surface area contributed by atoms with Gasteiger partial charge in [0.1, 0.15) is 13.2 Å². The van der Waals surface area contributed by atoms with Crippen molar-refractivity contribution in [2.75, 3.05) is 31.6 Å². The highest BCUT2D eigenvalue weighted by Crippen LogP contribution is 2.35. The predicted molar refractivity (Wildman–Crippen MR) is 74.1 cm³/mol. The van der Waals surface area contributed by atoms with Crippen LogP contribution >= 0.6 is 0 Å². The zero-order valence-electron chi connectivity index (χ0n) is 11.1. The lowest BCUT2D eigenvalue weighted by Crippen LogP contribution is -2.33. The van der Waals surface area contributed by atoms with E-state index < -0.39 is 0 Å². The molecule has 2 fully saturated rings. The van der Waals surface area contributed by atoms with Gasteiger partial charge in [0.2, 0.25) is 0 Å². The number of rotatable bonds is 2. The molecule has 0 saturated carbocycles. The zero-order valence-corrected chi connectivity index (χ0v) is 11.1. The molecule has 3 aliphatic heterocycles. The summed E-state index contributed by atoms with van der Waals surface area (Å²) in [6.45, 7) is 3.83. The summed E-state index contributed by atoms with van der Waals surface area (Å²) in [4.78, 5) is 2.62. The Balaban J connectivity index is 1.50. The standard InChI is InChI=1S/C15H20N2O2/c1-2-13-12(5-7-17(13)6-1)16-11-3-4-14-15(10-11)19-9-8-18-14/h3-4,10,12-13,16H,1-2,5-9H2. The van der Waals surface area contributed by atoms with Crippen LogP contribution in [0.25, 0.3) is 0 Å². The van der Waals surface area contributed by atoms with E-state index in [9.17, 15) is 0 Å². The number of hydrogen-bond donors (Lipinski definition) is 1. The van der Waals surface area contributed by atoms with Crippen LogP contribution in [-0.4, -0.2) is 43.3 Å². The minimum Gasteiger partial charge on any atom is -0.486 e. The van der Waals surface area contributed by atoms with Crippen molar-refractivity contribution in [3.8, 4) is 11.5 Å². The second-order valence-electron chi connectivity index (χ2n) is 5.64. The fourth-order valence-electron chi connectivity index (χ4n) is 3.60. The van der Waals surface area contributed by atoms with E-state index in [0.29, 0.717) is 19.3 Å². The van der Waals surface area contributed by atoms with Crippen molar-refractivity contribution in [2.24, 2.45) is 0 Å². The zero-order chi connectivity index (χ0) is 12.7. The summed E-state index contributed by atoms with van der Waals surface area (Å²) in [5.74, 6) is 1.74. The minimum atomic E-state index is 0.588. The van der Waals surface area contributed by atoms with Gasteiger partial charge in [0.15, 0.2) is 11.5 Å². The molecule has 2 saturated heterocycles. The average Bonchev–Trinajstić information content (AvgIpc) is 3.04. The molecular weight excluding hydrogens is 240 g/mol. The molecule has 4 rings (SSSR count). The average molecular weight is 260 g/mol. The van der Waals surface area contributed by atoms with Crippen LogP contribution in [0.3, 0.4) is 0 Å². The Hall–Kier alpha value is -1.42. The maximum absolute atomic E-state index is 5.64. The fourth-order valence-corrected chi connectivity index (χ4v) is 3.60. The van der Waals surface area contributed by atoms with Gasteiger partial charge in [-0.2, -0.15) is 0 Å². The largest absolute Gasteiger partial charge is 0.486 e. The van der Waals surface area contributed by atoms with Crippen molar-refractivity contribution in [3.63, 3.8) is 0 Å². The van der Waals surface area contributed by atoms with Gasteiger partial charge in [0.25, 0.3) is 0 Å². The highest BCUT2D eigenvalue weighted by Gasteiger charge is 2.37. The first-order valence-electron chi connectivity index (χ1n) is 7.30. The van der Waals surface area contributed by atoms with Crippen LogP contribution in [0.4, 0.5) is 5.69 Å². The van der Waals surface area contributed by atoms with Crippen LogP contribution in [0, 0.1) is 0 Å². The Morgan fingerprint density at radius 3 is 2.89 bits per heavy atom. The normalized spacial score (nSPS) is 29.3. The van der Waals surface area contributed by atoms with Crippen molar-refractivity contribution in [1.29, 1.82) is 0 Å². The van der Waals surface area contributed by atoms with Gasteiger partial charge < -0.3 is 14.8 Å². The van der Waals surface area contributed by atoms with Crippen LogP contribution in [0.2, 0.25) is 0 Å². The lowest BCUT2D eigenvalue weighted by atomic mass is 10.1. The highest BCUT2D eigenvalue weighted by atomic mass is 16.6. The van der Waals surface area contributed by atoms with Crippen LogP contribution in [0.1, 0.15) is 19.3 Å². The van der Waals surface area contributed by atoms with Crippen LogP contribution in [-0.2, 0) is 0 Å². The Morgan fingerprint density at radius 1 is 1.05 bits per heavy atom. The van der Waals surface area contributed by atoms with Gasteiger partial charge in [-0.3, -0.25) is 4.90 Å². The van der Waals surface area contributed by atoms with E-state index in [2.05, 4.69) is 22.3 Å². The Morgan fingerprint density at radius 2 is 1.95 bits per heavy atom. The topological polar surface area (TPSA) is 33.7 Å². The molecule has 4 nitrogen and oxygen atoms in total. The molecule has 0 amide bonds. The summed E-state index contributed by atoms with van der Waals surface area (Å²) in [7, 11) is 0. The summed E-state index contributed by atoms with van der Waals surface area (Å²) in [5.41, 5.74) is 1.16. The minimum absolute atomic E-state index is 0.588. The number of nitrogens with zero attached hydrogens (tertiary/aromatic N) is 1. The van der Waals surface area contributed by atoms with E-state index in [-0.39, 0.29) is 0 Å². The third-order valence-corrected chi connectivity index (χ3v) is 4.50. The molecule has 19 heavy (non-hydrogen) atoms. The van der Waals surface area contributed by atoms with E-state index in [1.165, 1.54) is 32.4 Å². The van der Waals surface area contributed by atoms with Gasteiger partial charge in [0, 0.05) is 30.4 Å². The number of benzene rings is 1. The van der Waals surface area contributed by atoms with Gasteiger partial charge in [0.05, 0.1) is 0 Å². The molecule has 1 aromatic carbocycles. The first kappa shape index (κ1) is 11.4. The molecule has 0 aromatic heterocycles. The van der Waals surface area contributed by atoms with E-state index in [0.717, 1.165) is 23.2 Å². The maximum atomic E-state index is 5.64. The van der Waals surface area contributed by atoms with Crippen molar-refractivity contribution in [2.45, 2.75) is 31.3 Å². The number of ether oxygens (including phenoxy) is 2. The van der Waals surface area contributed by atoms with E-state index >= 15 is 0 Å².